The summed E-state index contributed by atoms with van der Waals surface area (Å²) in [6, 6.07) is 3.69. The van der Waals surface area contributed by atoms with Crippen LogP contribution in [0.2, 0.25) is 0 Å². The summed E-state index contributed by atoms with van der Waals surface area (Å²) in [4.78, 5) is 0.391. The van der Waals surface area contributed by atoms with Crippen LogP contribution >= 0.6 is 11.8 Å². The van der Waals surface area contributed by atoms with E-state index >= 15 is 0 Å². The summed E-state index contributed by atoms with van der Waals surface area (Å²) < 4.78 is 27.0. The molecule has 0 radical (unpaired) electrons. The number of benzene rings is 1. The van der Waals surface area contributed by atoms with Crippen molar-refractivity contribution in [2.45, 2.75) is 18.7 Å². The lowest BCUT2D eigenvalue weighted by Crippen LogP contribution is -2.27. The van der Waals surface area contributed by atoms with Crippen LogP contribution < -0.4 is 10.0 Å². The summed E-state index contributed by atoms with van der Waals surface area (Å²) >= 11 is 1.62. The van der Waals surface area contributed by atoms with Crippen molar-refractivity contribution in [2.75, 3.05) is 30.9 Å². The lowest BCUT2D eigenvalue weighted by molar-refractivity contribution is 0.583. The molecule has 1 rings (SSSR count). The third kappa shape index (κ3) is 3.63. The molecular formula is C12H20N2O2S2. The number of aryl methyl sites for hydroxylation is 2. The highest BCUT2D eigenvalue weighted by Crippen LogP contribution is 2.24. The van der Waals surface area contributed by atoms with Gasteiger partial charge in [-0.15, -0.1) is 0 Å². The van der Waals surface area contributed by atoms with E-state index in [0.717, 1.165) is 22.6 Å². The van der Waals surface area contributed by atoms with Gasteiger partial charge < -0.3 is 5.32 Å². The molecular weight excluding hydrogens is 268 g/mol. The fourth-order valence-electron chi connectivity index (χ4n) is 1.87. The molecule has 1 aromatic rings. The van der Waals surface area contributed by atoms with E-state index in [1.54, 1.807) is 11.8 Å². The van der Waals surface area contributed by atoms with Crippen molar-refractivity contribution in [3.63, 3.8) is 0 Å². The molecule has 0 bridgehead atoms. The van der Waals surface area contributed by atoms with Gasteiger partial charge in [-0.2, -0.15) is 11.8 Å². The minimum atomic E-state index is -3.41. The highest BCUT2D eigenvalue weighted by molar-refractivity contribution is 7.98. The van der Waals surface area contributed by atoms with Crippen molar-refractivity contribution in [2.24, 2.45) is 0 Å². The molecule has 0 amide bonds. The van der Waals surface area contributed by atoms with Crippen LogP contribution in [0, 0.1) is 13.8 Å². The first kappa shape index (κ1) is 15.3. The smallest absolute Gasteiger partial charge is 0.241 e. The van der Waals surface area contributed by atoms with Crippen molar-refractivity contribution in [1.82, 2.24) is 4.72 Å². The van der Waals surface area contributed by atoms with Crippen molar-refractivity contribution in [3.05, 3.63) is 23.3 Å². The Morgan fingerprint density at radius 3 is 2.22 bits per heavy atom. The number of anilines is 1. The van der Waals surface area contributed by atoms with Crippen LogP contribution in [0.5, 0.6) is 0 Å². The van der Waals surface area contributed by atoms with Crippen LogP contribution in [0.4, 0.5) is 5.69 Å². The Hall–Kier alpha value is -0.720. The summed E-state index contributed by atoms with van der Waals surface area (Å²) in [6.07, 6.45) is 1.95. The number of nitrogens with one attached hydrogen (secondary N) is 2. The summed E-state index contributed by atoms with van der Waals surface area (Å²) in [5.41, 5.74) is 2.44. The lowest BCUT2D eigenvalue weighted by Gasteiger charge is -2.13. The van der Waals surface area contributed by atoms with Crippen molar-refractivity contribution >= 4 is 27.5 Å². The highest BCUT2D eigenvalue weighted by Gasteiger charge is 2.19. The lowest BCUT2D eigenvalue weighted by atomic mass is 10.1. The van der Waals surface area contributed by atoms with E-state index in [4.69, 9.17) is 0 Å². The number of thioether (sulfide) groups is 1. The van der Waals surface area contributed by atoms with Crippen molar-refractivity contribution in [1.29, 1.82) is 0 Å². The molecule has 0 unspecified atom stereocenters. The first-order chi connectivity index (χ1) is 8.42. The monoisotopic (exact) mass is 288 g/mol. The molecule has 0 fully saturated rings. The Morgan fingerprint density at radius 2 is 1.78 bits per heavy atom. The normalized spacial score (nSPS) is 11.6. The number of hydrogen-bond donors (Lipinski definition) is 2. The Labute approximate surface area is 114 Å². The molecule has 6 heteroatoms. The molecule has 0 saturated carbocycles. The Kier molecular flexibility index (Phi) is 5.49. The molecule has 0 heterocycles. The van der Waals surface area contributed by atoms with E-state index in [1.165, 1.54) is 0 Å². The molecule has 0 aromatic heterocycles. The largest absolute Gasteiger partial charge is 0.388 e. The standard InChI is InChI=1S/C12H20N2O2S2/c1-9-7-11(13-3)8-10(2)12(9)18(15,16)14-5-6-17-4/h7-8,13-14H,5-6H2,1-4H3. The maximum absolute atomic E-state index is 12.2. The van der Waals surface area contributed by atoms with E-state index in [9.17, 15) is 8.42 Å². The van der Waals surface area contributed by atoms with E-state index < -0.39 is 10.0 Å². The fourth-order valence-corrected chi connectivity index (χ4v) is 3.78. The van der Waals surface area contributed by atoms with Gasteiger partial charge in [0.25, 0.3) is 0 Å². The van der Waals surface area contributed by atoms with Crippen LogP contribution in [-0.4, -0.2) is 34.0 Å². The van der Waals surface area contributed by atoms with Crippen LogP contribution in [0.1, 0.15) is 11.1 Å². The molecule has 102 valence electrons. The predicted octanol–water partition coefficient (Wildman–Crippen LogP) is 1.99. The third-order valence-corrected chi connectivity index (χ3v) is 4.99. The zero-order valence-corrected chi connectivity index (χ0v) is 12.8. The molecule has 0 saturated heterocycles. The molecule has 0 spiro atoms. The predicted molar refractivity (Wildman–Crippen MR) is 79.0 cm³/mol. The Bertz CT molecular complexity index is 490. The third-order valence-electron chi connectivity index (χ3n) is 2.62. The van der Waals surface area contributed by atoms with Gasteiger partial charge in [0, 0.05) is 25.0 Å². The maximum Gasteiger partial charge on any atom is 0.241 e. The van der Waals surface area contributed by atoms with E-state index in [-0.39, 0.29) is 0 Å². The van der Waals surface area contributed by atoms with Gasteiger partial charge in [-0.1, -0.05) is 0 Å². The van der Waals surface area contributed by atoms with Gasteiger partial charge in [-0.3, -0.25) is 0 Å². The summed E-state index contributed by atoms with van der Waals surface area (Å²) in [6.45, 7) is 4.09. The van der Waals surface area contributed by atoms with Crippen molar-refractivity contribution < 1.29 is 8.42 Å². The van der Waals surface area contributed by atoms with Gasteiger partial charge in [0.1, 0.15) is 0 Å². The molecule has 0 aliphatic heterocycles. The van der Waals surface area contributed by atoms with E-state index in [0.29, 0.717) is 11.4 Å². The van der Waals surface area contributed by atoms with Crippen molar-refractivity contribution in [3.8, 4) is 0 Å². The minimum absolute atomic E-state index is 0.391. The van der Waals surface area contributed by atoms with Crippen LogP contribution in [0.15, 0.2) is 17.0 Å². The second kappa shape index (κ2) is 6.45. The molecule has 0 aliphatic carbocycles. The molecule has 4 nitrogen and oxygen atoms in total. The van der Waals surface area contributed by atoms with Crippen LogP contribution in [0.25, 0.3) is 0 Å². The molecule has 0 aliphatic rings. The maximum atomic E-state index is 12.2. The Morgan fingerprint density at radius 1 is 1.22 bits per heavy atom. The number of hydrogen-bond acceptors (Lipinski definition) is 4. The fraction of sp³-hybridized carbons (Fsp3) is 0.500. The SMILES string of the molecule is CNc1cc(C)c(S(=O)(=O)NCCSC)c(C)c1. The molecule has 0 atom stereocenters. The topological polar surface area (TPSA) is 58.2 Å². The van der Waals surface area contributed by atoms with Gasteiger partial charge >= 0.3 is 0 Å². The zero-order chi connectivity index (χ0) is 13.8. The quantitative estimate of drug-likeness (QED) is 0.786. The average molecular weight is 288 g/mol. The summed E-state index contributed by atoms with van der Waals surface area (Å²) in [5, 5.41) is 3.02. The highest BCUT2D eigenvalue weighted by atomic mass is 32.2. The zero-order valence-electron chi connectivity index (χ0n) is 11.2. The van der Waals surface area contributed by atoms with Gasteiger partial charge in [0.15, 0.2) is 0 Å². The number of rotatable bonds is 6. The summed E-state index contributed by atoms with van der Waals surface area (Å²) in [7, 11) is -1.59. The Balaban J connectivity index is 3.09. The molecule has 2 N–H and O–H groups in total. The van der Waals surface area contributed by atoms with E-state index in [1.807, 2.05) is 39.3 Å². The first-order valence-corrected chi connectivity index (χ1v) is 8.57. The van der Waals surface area contributed by atoms with Crippen LogP contribution in [0.3, 0.4) is 0 Å². The van der Waals surface area contributed by atoms with Gasteiger partial charge in [-0.25, -0.2) is 13.1 Å². The molecule has 18 heavy (non-hydrogen) atoms. The van der Waals surface area contributed by atoms with Gasteiger partial charge in [0.05, 0.1) is 4.90 Å². The molecule has 1 aromatic carbocycles. The summed E-state index contributed by atoms with van der Waals surface area (Å²) in [5.74, 6) is 0.770. The number of sulfonamides is 1. The van der Waals surface area contributed by atoms with Gasteiger partial charge in [0.2, 0.25) is 10.0 Å². The van der Waals surface area contributed by atoms with Gasteiger partial charge in [-0.05, 0) is 43.4 Å². The average Bonchev–Trinajstić information content (AvgIpc) is 2.27. The second-order valence-corrected chi connectivity index (χ2v) is 6.77. The second-order valence-electron chi connectivity index (χ2n) is 4.08. The minimum Gasteiger partial charge on any atom is -0.388 e. The van der Waals surface area contributed by atoms with E-state index in [2.05, 4.69) is 10.0 Å². The first-order valence-electron chi connectivity index (χ1n) is 5.70. The van der Waals surface area contributed by atoms with Crippen LogP contribution in [-0.2, 0) is 10.0 Å².